The Morgan fingerprint density at radius 1 is 1.46 bits per heavy atom. The summed E-state index contributed by atoms with van der Waals surface area (Å²) in [6.45, 7) is 3.43. The number of carbonyl (C=O) groups is 1. The first-order valence-corrected chi connectivity index (χ1v) is 4.39. The van der Waals surface area contributed by atoms with Gasteiger partial charge in [-0.1, -0.05) is 0 Å². The zero-order valence-electron chi connectivity index (χ0n) is 7.92. The van der Waals surface area contributed by atoms with Crippen LogP contribution in [0.2, 0.25) is 0 Å². The predicted molar refractivity (Wildman–Crippen MR) is 55.0 cm³/mol. The molecule has 0 aliphatic carbocycles. The van der Waals surface area contributed by atoms with Gasteiger partial charge in [0.2, 0.25) is 0 Å². The predicted octanol–water partition coefficient (Wildman–Crippen LogP) is 2.49. The summed E-state index contributed by atoms with van der Waals surface area (Å²) < 4.78 is 5.07. The molecule has 0 saturated heterocycles. The fourth-order valence-electron chi connectivity index (χ4n) is 1.12. The largest absolute Gasteiger partial charge is 0.496 e. The Bertz CT molecular complexity index is 345. The number of ether oxygens (including phenoxy) is 1. The van der Waals surface area contributed by atoms with Crippen LogP contribution >= 0.6 is 12.6 Å². The number of hydrogen-bond acceptors (Lipinski definition) is 3. The van der Waals surface area contributed by atoms with Gasteiger partial charge in [0.25, 0.3) is 0 Å². The molecule has 0 aliphatic rings. The highest BCUT2D eigenvalue weighted by Crippen LogP contribution is 2.25. The van der Waals surface area contributed by atoms with Crippen LogP contribution in [0.4, 0.5) is 0 Å². The van der Waals surface area contributed by atoms with Gasteiger partial charge in [-0.15, -0.1) is 12.6 Å². The molecular formula is C10H12O2S. The van der Waals surface area contributed by atoms with Crippen LogP contribution in [-0.4, -0.2) is 12.9 Å². The van der Waals surface area contributed by atoms with Crippen LogP contribution < -0.4 is 4.74 Å². The van der Waals surface area contributed by atoms with E-state index in [1.165, 1.54) is 6.92 Å². The Morgan fingerprint density at radius 3 is 2.54 bits per heavy atom. The van der Waals surface area contributed by atoms with Gasteiger partial charge in [-0.25, -0.2) is 0 Å². The van der Waals surface area contributed by atoms with Crippen LogP contribution in [0.1, 0.15) is 22.8 Å². The minimum absolute atomic E-state index is 0.00767. The highest BCUT2D eigenvalue weighted by molar-refractivity contribution is 7.80. The van der Waals surface area contributed by atoms with Crippen molar-refractivity contribution in [1.82, 2.24) is 0 Å². The summed E-state index contributed by atoms with van der Waals surface area (Å²) in [6.07, 6.45) is 0. The third-order valence-corrected chi connectivity index (χ3v) is 2.38. The topological polar surface area (TPSA) is 26.3 Å². The number of rotatable bonds is 2. The van der Waals surface area contributed by atoms with Gasteiger partial charge < -0.3 is 4.74 Å². The summed E-state index contributed by atoms with van der Waals surface area (Å²) in [6, 6.07) is 3.55. The van der Waals surface area contributed by atoms with Gasteiger partial charge in [-0.05, 0) is 31.5 Å². The normalized spacial score (nSPS) is 9.85. The molecule has 70 valence electrons. The second-order valence-corrected chi connectivity index (χ2v) is 3.38. The van der Waals surface area contributed by atoms with Gasteiger partial charge in [-0.2, -0.15) is 0 Å². The molecule has 0 saturated carbocycles. The summed E-state index contributed by atoms with van der Waals surface area (Å²) in [5, 5.41) is 0. The van der Waals surface area contributed by atoms with Gasteiger partial charge >= 0.3 is 0 Å². The average Bonchev–Trinajstić information content (AvgIpc) is 2.08. The lowest BCUT2D eigenvalue weighted by Crippen LogP contribution is -1.98. The van der Waals surface area contributed by atoms with Gasteiger partial charge in [0.1, 0.15) is 5.75 Å². The smallest absolute Gasteiger partial charge is 0.163 e. The molecular weight excluding hydrogens is 184 g/mol. The Hall–Kier alpha value is -0.960. The van der Waals surface area contributed by atoms with E-state index in [1.54, 1.807) is 19.2 Å². The number of hydrogen-bond donors (Lipinski definition) is 1. The number of benzene rings is 1. The first kappa shape index (κ1) is 10.1. The lowest BCUT2D eigenvalue weighted by atomic mass is 10.1. The lowest BCUT2D eigenvalue weighted by molar-refractivity contribution is 0.101. The van der Waals surface area contributed by atoms with E-state index in [-0.39, 0.29) is 5.78 Å². The molecule has 1 rings (SSSR count). The summed E-state index contributed by atoms with van der Waals surface area (Å²) in [7, 11) is 1.55. The summed E-state index contributed by atoms with van der Waals surface area (Å²) >= 11 is 4.25. The number of carbonyl (C=O) groups excluding carboxylic acids is 1. The molecule has 3 heteroatoms. The lowest BCUT2D eigenvalue weighted by Gasteiger charge is -2.08. The fraction of sp³-hybridized carbons (Fsp3) is 0.300. The molecule has 0 aliphatic heterocycles. The Kier molecular flexibility index (Phi) is 2.98. The van der Waals surface area contributed by atoms with Gasteiger partial charge in [-0.3, -0.25) is 4.79 Å². The first-order valence-electron chi connectivity index (χ1n) is 3.94. The first-order chi connectivity index (χ1) is 6.06. The maximum absolute atomic E-state index is 11.2. The van der Waals surface area contributed by atoms with E-state index in [4.69, 9.17) is 4.74 Å². The van der Waals surface area contributed by atoms with Crippen molar-refractivity contribution >= 4 is 18.4 Å². The maximum atomic E-state index is 11.2. The molecule has 2 nitrogen and oxygen atoms in total. The van der Waals surface area contributed by atoms with Crippen molar-refractivity contribution in [1.29, 1.82) is 0 Å². The molecule has 13 heavy (non-hydrogen) atoms. The van der Waals surface area contributed by atoms with E-state index in [0.717, 1.165) is 10.5 Å². The molecule has 0 amide bonds. The summed E-state index contributed by atoms with van der Waals surface area (Å²) in [4.78, 5) is 12.0. The SMILES string of the molecule is COc1cc(S)c(C)cc1C(C)=O. The molecule has 0 aromatic heterocycles. The van der Waals surface area contributed by atoms with Gasteiger partial charge in [0.15, 0.2) is 5.78 Å². The minimum Gasteiger partial charge on any atom is -0.496 e. The molecule has 0 bridgehead atoms. The van der Waals surface area contributed by atoms with E-state index in [1.807, 2.05) is 6.92 Å². The van der Waals surface area contributed by atoms with Crippen LogP contribution in [0.3, 0.4) is 0 Å². The van der Waals surface area contributed by atoms with E-state index in [0.29, 0.717) is 11.3 Å². The Balaban J connectivity index is 3.33. The number of methoxy groups -OCH3 is 1. The van der Waals surface area contributed by atoms with Crippen LogP contribution in [0.25, 0.3) is 0 Å². The monoisotopic (exact) mass is 196 g/mol. The van der Waals surface area contributed by atoms with Gasteiger partial charge in [0, 0.05) is 4.90 Å². The van der Waals surface area contributed by atoms with Crippen molar-refractivity contribution in [3.05, 3.63) is 23.3 Å². The molecule has 1 aromatic rings. The molecule has 0 atom stereocenters. The molecule has 0 radical (unpaired) electrons. The zero-order chi connectivity index (χ0) is 10.0. The van der Waals surface area contributed by atoms with Crippen LogP contribution in [0.15, 0.2) is 17.0 Å². The quantitative estimate of drug-likeness (QED) is 0.581. The van der Waals surface area contributed by atoms with Crippen molar-refractivity contribution in [3.63, 3.8) is 0 Å². The Labute approximate surface area is 83.3 Å². The van der Waals surface area contributed by atoms with Crippen molar-refractivity contribution in [2.45, 2.75) is 18.7 Å². The second-order valence-electron chi connectivity index (χ2n) is 2.90. The van der Waals surface area contributed by atoms with Crippen molar-refractivity contribution < 1.29 is 9.53 Å². The zero-order valence-corrected chi connectivity index (χ0v) is 8.81. The molecule has 0 spiro atoms. The number of thiol groups is 1. The number of Topliss-reactive ketones (excluding diaryl/α,β-unsaturated/α-hetero) is 1. The summed E-state index contributed by atoms with van der Waals surface area (Å²) in [5.74, 6) is 0.594. The molecule has 0 N–H and O–H groups in total. The Morgan fingerprint density at radius 2 is 2.08 bits per heavy atom. The van der Waals surface area contributed by atoms with Crippen molar-refractivity contribution in [2.75, 3.05) is 7.11 Å². The van der Waals surface area contributed by atoms with Gasteiger partial charge in [0.05, 0.1) is 12.7 Å². The van der Waals surface area contributed by atoms with E-state index in [2.05, 4.69) is 12.6 Å². The molecule has 0 unspecified atom stereocenters. The van der Waals surface area contributed by atoms with Crippen molar-refractivity contribution in [2.24, 2.45) is 0 Å². The molecule has 1 aromatic carbocycles. The van der Waals surface area contributed by atoms with Crippen LogP contribution in [0, 0.1) is 6.92 Å². The van der Waals surface area contributed by atoms with Crippen LogP contribution in [0.5, 0.6) is 5.75 Å². The fourth-order valence-corrected chi connectivity index (χ4v) is 1.30. The average molecular weight is 196 g/mol. The molecule has 0 heterocycles. The third kappa shape index (κ3) is 2.04. The van der Waals surface area contributed by atoms with E-state index >= 15 is 0 Å². The number of ketones is 1. The third-order valence-electron chi connectivity index (χ3n) is 1.90. The highest BCUT2D eigenvalue weighted by Gasteiger charge is 2.09. The molecule has 0 fully saturated rings. The second kappa shape index (κ2) is 3.83. The summed E-state index contributed by atoms with van der Waals surface area (Å²) in [5.41, 5.74) is 1.59. The van der Waals surface area contributed by atoms with Crippen molar-refractivity contribution in [3.8, 4) is 5.75 Å². The van der Waals surface area contributed by atoms with Crippen LogP contribution in [-0.2, 0) is 0 Å². The minimum atomic E-state index is 0.00767. The number of aryl methyl sites for hydroxylation is 1. The van der Waals surface area contributed by atoms with E-state index < -0.39 is 0 Å². The maximum Gasteiger partial charge on any atom is 0.163 e. The standard InChI is InChI=1S/C10H12O2S/c1-6-4-8(7(2)11)9(12-3)5-10(6)13/h4-5,13H,1-3H3. The highest BCUT2D eigenvalue weighted by atomic mass is 32.1. The van der Waals surface area contributed by atoms with E-state index in [9.17, 15) is 4.79 Å².